The van der Waals surface area contributed by atoms with Gasteiger partial charge < -0.3 is 10.4 Å². The van der Waals surface area contributed by atoms with Crippen LogP contribution in [-0.2, 0) is 0 Å². The molecule has 1 aliphatic rings. The van der Waals surface area contributed by atoms with E-state index in [1.54, 1.807) is 0 Å². The molecule has 2 aromatic rings. The Labute approximate surface area is 131 Å². The van der Waals surface area contributed by atoms with Gasteiger partial charge in [0.15, 0.2) is 5.69 Å². The summed E-state index contributed by atoms with van der Waals surface area (Å²) < 4.78 is 0. The molecule has 120 valence electrons. The molecule has 7 nitrogen and oxygen atoms in total. The maximum atomic E-state index is 12.2. The average molecular weight is 315 g/mol. The number of carbonyl (C=O) groups excluding carboxylic acids is 1. The predicted molar refractivity (Wildman–Crippen MR) is 83.6 cm³/mol. The number of hydrogen-bond acceptors (Lipinski definition) is 4. The summed E-state index contributed by atoms with van der Waals surface area (Å²) >= 11 is 0. The molecule has 4 N–H and O–H groups in total. The normalized spacial score (nSPS) is 20.3. The highest BCUT2D eigenvalue weighted by atomic mass is 16.3. The van der Waals surface area contributed by atoms with E-state index in [2.05, 4.69) is 22.4 Å². The van der Waals surface area contributed by atoms with Crippen molar-refractivity contribution in [3.05, 3.63) is 62.4 Å². The van der Waals surface area contributed by atoms with E-state index < -0.39 is 28.6 Å². The maximum absolute atomic E-state index is 12.2. The van der Waals surface area contributed by atoms with E-state index in [9.17, 15) is 19.5 Å². The lowest BCUT2D eigenvalue weighted by Gasteiger charge is -2.14. The monoisotopic (exact) mass is 315 g/mol. The minimum Gasteiger partial charge on any atom is -0.501 e. The molecule has 23 heavy (non-hydrogen) atoms. The smallest absolute Gasteiger partial charge is 0.326 e. The van der Waals surface area contributed by atoms with Crippen LogP contribution in [0.3, 0.4) is 0 Å². The zero-order valence-electron chi connectivity index (χ0n) is 12.3. The van der Waals surface area contributed by atoms with Crippen molar-refractivity contribution in [1.82, 2.24) is 15.3 Å². The van der Waals surface area contributed by atoms with Crippen LogP contribution in [0.1, 0.15) is 41.2 Å². The Morgan fingerprint density at radius 3 is 2.61 bits per heavy atom. The molecule has 0 saturated heterocycles. The van der Waals surface area contributed by atoms with Gasteiger partial charge in [-0.25, -0.2) is 4.79 Å². The number of aromatic amines is 2. The van der Waals surface area contributed by atoms with Crippen molar-refractivity contribution < 1.29 is 9.90 Å². The predicted octanol–water partition coefficient (Wildman–Crippen LogP) is 0.835. The molecular formula is C16H17N3O4. The van der Waals surface area contributed by atoms with Crippen LogP contribution >= 0.6 is 0 Å². The molecule has 0 spiro atoms. The van der Waals surface area contributed by atoms with Crippen molar-refractivity contribution in [3.8, 4) is 5.75 Å². The number of carbonyl (C=O) groups is 1. The lowest BCUT2D eigenvalue weighted by Crippen LogP contribution is -2.36. The number of nitrogens with one attached hydrogen (secondary N) is 3. The molecule has 3 rings (SSSR count). The van der Waals surface area contributed by atoms with Crippen LogP contribution in [0, 0.1) is 0 Å². The van der Waals surface area contributed by atoms with Crippen LogP contribution < -0.4 is 16.6 Å². The van der Waals surface area contributed by atoms with Gasteiger partial charge in [0.05, 0.1) is 0 Å². The number of hydrogen-bond donors (Lipinski definition) is 4. The fraction of sp³-hybridized carbons (Fsp3) is 0.312. The minimum absolute atomic E-state index is 0.0603. The first-order valence-electron chi connectivity index (χ1n) is 7.46. The van der Waals surface area contributed by atoms with Crippen LogP contribution in [-0.4, -0.2) is 27.0 Å². The van der Waals surface area contributed by atoms with Crippen LogP contribution in [0.15, 0.2) is 39.9 Å². The number of aromatic hydroxyl groups is 1. The second-order valence-corrected chi connectivity index (χ2v) is 5.72. The second kappa shape index (κ2) is 6.12. The Kier molecular flexibility index (Phi) is 4.01. The molecule has 1 aromatic heterocycles. The van der Waals surface area contributed by atoms with Gasteiger partial charge in [-0.05, 0) is 30.7 Å². The van der Waals surface area contributed by atoms with Crippen molar-refractivity contribution in [2.75, 3.05) is 0 Å². The molecule has 1 saturated carbocycles. The first-order chi connectivity index (χ1) is 11.0. The third-order valence-electron chi connectivity index (χ3n) is 4.18. The molecule has 2 atom stereocenters. The van der Waals surface area contributed by atoms with Crippen molar-refractivity contribution in [2.24, 2.45) is 0 Å². The van der Waals surface area contributed by atoms with Crippen molar-refractivity contribution in [1.29, 1.82) is 0 Å². The first kappa shape index (κ1) is 15.1. The van der Waals surface area contributed by atoms with E-state index >= 15 is 0 Å². The average Bonchev–Trinajstić information content (AvgIpc) is 3.00. The van der Waals surface area contributed by atoms with E-state index in [-0.39, 0.29) is 6.04 Å². The second-order valence-electron chi connectivity index (χ2n) is 5.72. The summed E-state index contributed by atoms with van der Waals surface area (Å²) in [5.41, 5.74) is -0.974. The molecule has 7 heteroatoms. The van der Waals surface area contributed by atoms with Gasteiger partial charge in [0.1, 0.15) is 0 Å². The molecule has 0 aliphatic heterocycles. The summed E-state index contributed by atoms with van der Waals surface area (Å²) in [6.45, 7) is 0. The fourth-order valence-corrected chi connectivity index (χ4v) is 3.04. The molecule has 0 bridgehead atoms. The SMILES string of the molecule is O=C(N[C@H]1CC[C@@H](c2ccccc2)C1)c1[nH]c(=O)[nH]c(=O)c1O. The molecule has 1 fully saturated rings. The van der Waals surface area contributed by atoms with E-state index in [4.69, 9.17) is 0 Å². The number of rotatable bonds is 3. The molecule has 0 unspecified atom stereocenters. The van der Waals surface area contributed by atoms with Gasteiger partial charge >= 0.3 is 5.69 Å². The Morgan fingerprint density at radius 2 is 1.87 bits per heavy atom. The molecule has 1 aliphatic carbocycles. The van der Waals surface area contributed by atoms with Crippen molar-refractivity contribution in [3.63, 3.8) is 0 Å². The van der Waals surface area contributed by atoms with Crippen molar-refractivity contribution >= 4 is 5.91 Å². The molecular weight excluding hydrogens is 298 g/mol. The fourth-order valence-electron chi connectivity index (χ4n) is 3.04. The Balaban J connectivity index is 1.70. The lowest BCUT2D eigenvalue weighted by atomic mass is 9.98. The summed E-state index contributed by atoms with van der Waals surface area (Å²) in [6.07, 6.45) is 2.54. The quantitative estimate of drug-likeness (QED) is 0.671. The number of benzene rings is 1. The highest BCUT2D eigenvalue weighted by Crippen LogP contribution is 2.34. The molecule has 0 radical (unpaired) electrons. The summed E-state index contributed by atoms with van der Waals surface area (Å²) in [4.78, 5) is 38.8. The molecule has 1 aromatic carbocycles. The lowest BCUT2D eigenvalue weighted by molar-refractivity contribution is 0.0928. The van der Waals surface area contributed by atoms with Gasteiger partial charge in [-0.2, -0.15) is 0 Å². The summed E-state index contributed by atoms with van der Waals surface area (Å²) in [7, 11) is 0. The number of aromatic nitrogens is 2. The highest BCUT2D eigenvalue weighted by Gasteiger charge is 2.28. The molecule has 1 amide bonds. The zero-order valence-corrected chi connectivity index (χ0v) is 12.3. The topological polar surface area (TPSA) is 115 Å². The van der Waals surface area contributed by atoms with Crippen LogP contribution in [0.5, 0.6) is 5.75 Å². The van der Waals surface area contributed by atoms with Crippen LogP contribution in [0.2, 0.25) is 0 Å². The van der Waals surface area contributed by atoms with Gasteiger partial charge in [-0.3, -0.25) is 19.6 Å². The van der Waals surface area contributed by atoms with Gasteiger partial charge in [0.2, 0.25) is 5.75 Å². The zero-order chi connectivity index (χ0) is 16.4. The molecule has 1 heterocycles. The number of H-pyrrole nitrogens is 2. The van der Waals surface area contributed by atoms with Crippen LogP contribution in [0.25, 0.3) is 0 Å². The third-order valence-corrected chi connectivity index (χ3v) is 4.18. The maximum Gasteiger partial charge on any atom is 0.326 e. The summed E-state index contributed by atoms with van der Waals surface area (Å²) in [5.74, 6) is -1.06. The Morgan fingerprint density at radius 1 is 1.13 bits per heavy atom. The largest absolute Gasteiger partial charge is 0.501 e. The first-order valence-corrected chi connectivity index (χ1v) is 7.46. The van der Waals surface area contributed by atoms with Gasteiger partial charge in [0.25, 0.3) is 11.5 Å². The highest BCUT2D eigenvalue weighted by molar-refractivity contribution is 5.94. The van der Waals surface area contributed by atoms with Gasteiger partial charge in [-0.15, -0.1) is 0 Å². The van der Waals surface area contributed by atoms with E-state index in [1.807, 2.05) is 23.2 Å². The summed E-state index contributed by atoms with van der Waals surface area (Å²) in [6, 6.07) is 10.0. The standard InChI is InChI=1S/C16H17N3O4/c20-13-12(18-16(23)19-15(13)22)14(21)17-11-7-6-10(8-11)9-4-2-1-3-5-9/h1-5,10-11,20H,6-8H2,(H,17,21)(H2,18,19,22,23)/t10-,11+/m1/s1. The Hall–Kier alpha value is -2.83. The summed E-state index contributed by atoms with van der Waals surface area (Å²) in [5, 5.41) is 12.4. The van der Waals surface area contributed by atoms with Gasteiger partial charge in [0, 0.05) is 6.04 Å². The van der Waals surface area contributed by atoms with E-state index in [1.165, 1.54) is 5.56 Å². The Bertz CT molecular complexity index is 825. The van der Waals surface area contributed by atoms with Crippen molar-refractivity contribution in [2.45, 2.75) is 31.2 Å². The third kappa shape index (κ3) is 3.18. The minimum atomic E-state index is -0.979. The van der Waals surface area contributed by atoms with Crippen LogP contribution in [0.4, 0.5) is 0 Å². The van der Waals surface area contributed by atoms with E-state index in [0.717, 1.165) is 19.3 Å². The number of amides is 1. The van der Waals surface area contributed by atoms with E-state index in [0.29, 0.717) is 5.92 Å². The van der Waals surface area contributed by atoms with Gasteiger partial charge in [-0.1, -0.05) is 30.3 Å².